The van der Waals surface area contributed by atoms with Gasteiger partial charge < -0.3 is 29.5 Å². The number of aryl methyl sites for hydroxylation is 1. The van der Waals surface area contributed by atoms with E-state index in [4.69, 9.17) is 9.47 Å². The molecule has 1 atom stereocenters. The standard InChI is InChI=1S/C30H36F4N6O4/c1-18-14-21(30(32,33)34)20(15-35)26(36-18)37-23-10-12-39(25-22(31)8-6-9-24(25)38(5)27(23)41)11-7-13-43-19-16-40(17-19)28(42)44-29(2,3)4/h6,8-9,14,19,23H,7,10-13,16-17H2,1-5H3,(H,36,37)/t23-/m0/s1. The van der Waals surface area contributed by atoms with Gasteiger partial charge in [-0.15, -0.1) is 0 Å². The zero-order valence-corrected chi connectivity index (χ0v) is 25.3. The first kappa shape index (κ1) is 32.8. The summed E-state index contributed by atoms with van der Waals surface area (Å²) < 4.78 is 67.4. The molecule has 0 aliphatic carbocycles. The van der Waals surface area contributed by atoms with Crippen molar-refractivity contribution in [2.75, 3.05) is 55.0 Å². The van der Waals surface area contributed by atoms with Crippen molar-refractivity contribution in [3.63, 3.8) is 0 Å². The highest BCUT2D eigenvalue weighted by Crippen LogP contribution is 2.37. The molecule has 0 bridgehead atoms. The third kappa shape index (κ3) is 7.50. The third-order valence-corrected chi connectivity index (χ3v) is 7.26. The van der Waals surface area contributed by atoms with Crippen LogP contribution in [0.4, 0.5) is 39.5 Å². The summed E-state index contributed by atoms with van der Waals surface area (Å²) in [6.07, 6.45) is -4.75. The molecule has 0 saturated carbocycles. The fourth-order valence-electron chi connectivity index (χ4n) is 5.12. The largest absolute Gasteiger partial charge is 0.444 e. The first-order valence-electron chi connectivity index (χ1n) is 14.2. The number of likely N-dealkylation sites (tertiary alicyclic amines) is 1. The van der Waals surface area contributed by atoms with Crippen LogP contribution >= 0.6 is 0 Å². The van der Waals surface area contributed by atoms with Crippen molar-refractivity contribution in [3.05, 3.63) is 46.9 Å². The van der Waals surface area contributed by atoms with Crippen LogP contribution in [0.5, 0.6) is 0 Å². The van der Waals surface area contributed by atoms with Gasteiger partial charge in [-0.1, -0.05) is 6.07 Å². The van der Waals surface area contributed by atoms with Crippen molar-refractivity contribution in [3.8, 4) is 6.07 Å². The molecule has 2 amide bonds. The summed E-state index contributed by atoms with van der Waals surface area (Å²) in [6, 6.07) is 5.68. The number of fused-ring (bicyclic) bond motifs is 1. The number of para-hydroxylation sites is 1. The Bertz CT molecular complexity index is 1430. The highest BCUT2D eigenvalue weighted by molar-refractivity contribution is 6.01. The maximum Gasteiger partial charge on any atom is 0.417 e. The Kier molecular flexibility index (Phi) is 9.58. The van der Waals surface area contributed by atoms with Crippen LogP contribution in [0, 0.1) is 24.1 Å². The second-order valence-electron chi connectivity index (χ2n) is 11.9. The number of alkyl halides is 3. The van der Waals surface area contributed by atoms with Crippen molar-refractivity contribution in [1.29, 1.82) is 5.26 Å². The van der Waals surface area contributed by atoms with E-state index in [-0.39, 0.29) is 36.3 Å². The first-order chi connectivity index (χ1) is 20.6. The molecule has 0 unspecified atom stereocenters. The SMILES string of the molecule is Cc1cc(C(F)(F)F)c(C#N)c(N[C@H]2CCN(CCCOC3CN(C(=O)OC(C)(C)C)C3)c3c(F)cccc3N(C)C2=O)n1. The minimum absolute atomic E-state index is 0.0280. The summed E-state index contributed by atoms with van der Waals surface area (Å²) in [5.41, 5.74) is -1.89. The van der Waals surface area contributed by atoms with Gasteiger partial charge in [-0.2, -0.15) is 18.4 Å². The van der Waals surface area contributed by atoms with Gasteiger partial charge in [-0.05, 0) is 58.7 Å². The number of rotatable bonds is 7. The second kappa shape index (κ2) is 12.9. The summed E-state index contributed by atoms with van der Waals surface area (Å²) in [6.45, 7) is 8.44. The number of nitrogens with zero attached hydrogens (tertiary/aromatic N) is 5. The van der Waals surface area contributed by atoms with E-state index in [9.17, 15) is 28.0 Å². The van der Waals surface area contributed by atoms with Crippen LogP contribution in [0.3, 0.4) is 0 Å². The molecule has 2 aromatic rings. The number of nitriles is 1. The summed E-state index contributed by atoms with van der Waals surface area (Å²) in [4.78, 5) is 34.3. The topological polar surface area (TPSA) is 111 Å². The van der Waals surface area contributed by atoms with Gasteiger partial charge in [0.25, 0.3) is 0 Å². The number of hydrogen-bond donors (Lipinski definition) is 1. The van der Waals surface area contributed by atoms with Gasteiger partial charge in [0.05, 0.1) is 36.1 Å². The quantitative estimate of drug-likeness (QED) is 0.337. The Morgan fingerprint density at radius 3 is 2.57 bits per heavy atom. The minimum Gasteiger partial charge on any atom is -0.444 e. The minimum atomic E-state index is -4.79. The van der Waals surface area contributed by atoms with Gasteiger partial charge in [0.15, 0.2) is 0 Å². The molecule has 44 heavy (non-hydrogen) atoms. The number of carbonyl (C=O) groups excluding carboxylic acids is 2. The van der Waals surface area contributed by atoms with Crippen molar-refractivity contribution >= 4 is 29.2 Å². The third-order valence-electron chi connectivity index (χ3n) is 7.26. The first-order valence-corrected chi connectivity index (χ1v) is 14.2. The molecule has 1 saturated heterocycles. The smallest absolute Gasteiger partial charge is 0.417 e. The summed E-state index contributed by atoms with van der Waals surface area (Å²) in [5, 5.41) is 12.3. The average Bonchev–Trinajstić information content (AvgIpc) is 2.89. The predicted molar refractivity (Wildman–Crippen MR) is 155 cm³/mol. The summed E-state index contributed by atoms with van der Waals surface area (Å²) in [7, 11) is 1.46. The van der Waals surface area contributed by atoms with E-state index in [2.05, 4.69) is 10.3 Å². The number of anilines is 3. The molecule has 3 heterocycles. The summed E-state index contributed by atoms with van der Waals surface area (Å²) in [5.74, 6) is -1.38. The predicted octanol–water partition coefficient (Wildman–Crippen LogP) is 5.10. The van der Waals surface area contributed by atoms with Gasteiger partial charge in [-0.3, -0.25) is 4.79 Å². The highest BCUT2D eigenvalue weighted by atomic mass is 19.4. The molecule has 10 nitrogen and oxygen atoms in total. The lowest BCUT2D eigenvalue weighted by atomic mass is 10.0. The Balaban J connectivity index is 1.46. The number of amides is 2. The van der Waals surface area contributed by atoms with Gasteiger partial charge in [0.2, 0.25) is 5.91 Å². The molecule has 238 valence electrons. The lowest BCUT2D eigenvalue weighted by Crippen LogP contribution is -2.56. The average molecular weight is 621 g/mol. The van der Waals surface area contributed by atoms with E-state index in [1.807, 2.05) is 0 Å². The van der Waals surface area contributed by atoms with Gasteiger partial charge in [0.1, 0.15) is 34.9 Å². The summed E-state index contributed by atoms with van der Waals surface area (Å²) >= 11 is 0. The molecule has 0 radical (unpaired) electrons. The lowest BCUT2D eigenvalue weighted by Gasteiger charge is -2.39. The Morgan fingerprint density at radius 2 is 1.93 bits per heavy atom. The van der Waals surface area contributed by atoms with E-state index in [0.717, 1.165) is 6.07 Å². The molecule has 2 aliphatic rings. The molecule has 4 rings (SSSR count). The number of pyridine rings is 1. The molecule has 1 N–H and O–H groups in total. The van der Waals surface area contributed by atoms with Gasteiger partial charge in [0, 0.05) is 32.4 Å². The fourth-order valence-corrected chi connectivity index (χ4v) is 5.12. The van der Waals surface area contributed by atoms with Crippen molar-refractivity contribution in [2.45, 2.75) is 64.5 Å². The van der Waals surface area contributed by atoms with Crippen LogP contribution < -0.4 is 15.1 Å². The molecule has 0 spiro atoms. The maximum atomic E-state index is 15.2. The molecule has 1 fully saturated rings. The van der Waals surface area contributed by atoms with Crippen LogP contribution in [0.15, 0.2) is 24.3 Å². The zero-order valence-electron chi connectivity index (χ0n) is 25.3. The number of nitrogens with one attached hydrogen (secondary N) is 1. The number of ether oxygens (including phenoxy) is 2. The number of hydrogen-bond acceptors (Lipinski definition) is 8. The molecule has 14 heteroatoms. The number of halogens is 4. The van der Waals surface area contributed by atoms with E-state index in [1.165, 1.54) is 31.0 Å². The van der Waals surface area contributed by atoms with Crippen molar-refractivity contribution in [2.24, 2.45) is 0 Å². The van der Waals surface area contributed by atoms with E-state index in [0.29, 0.717) is 38.3 Å². The molecular weight excluding hydrogens is 584 g/mol. The van der Waals surface area contributed by atoms with Crippen LogP contribution in [-0.2, 0) is 20.4 Å². The van der Waals surface area contributed by atoms with Crippen LogP contribution in [-0.4, -0.2) is 79.5 Å². The van der Waals surface area contributed by atoms with Gasteiger partial charge >= 0.3 is 12.3 Å². The molecular formula is C30H36F4N6O4. The van der Waals surface area contributed by atoms with Crippen LogP contribution in [0.1, 0.15) is 50.4 Å². The number of likely N-dealkylation sites (N-methyl/N-ethyl adjacent to an activating group) is 1. The second-order valence-corrected chi connectivity index (χ2v) is 11.9. The molecule has 1 aromatic heterocycles. The monoisotopic (exact) mass is 620 g/mol. The van der Waals surface area contributed by atoms with Crippen LogP contribution in [0.25, 0.3) is 0 Å². The molecule has 2 aliphatic heterocycles. The van der Waals surface area contributed by atoms with Crippen molar-refractivity contribution in [1.82, 2.24) is 9.88 Å². The molecule has 1 aromatic carbocycles. The van der Waals surface area contributed by atoms with Crippen molar-refractivity contribution < 1.29 is 36.6 Å². The lowest BCUT2D eigenvalue weighted by molar-refractivity contribution is -0.137. The number of aromatic nitrogens is 1. The highest BCUT2D eigenvalue weighted by Gasteiger charge is 2.38. The van der Waals surface area contributed by atoms with E-state index in [1.54, 1.807) is 42.7 Å². The van der Waals surface area contributed by atoms with E-state index >= 15 is 4.39 Å². The Labute approximate surface area is 253 Å². The normalized spacial score (nSPS) is 17.8. The van der Waals surface area contributed by atoms with Gasteiger partial charge in [-0.25, -0.2) is 14.2 Å². The Morgan fingerprint density at radius 1 is 1.23 bits per heavy atom. The number of benzene rings is 1. The Hall–Kier alpha value is -4.12. The zero-order chi connectivity index (χ0) is 32.4. The fraction of sp³-hybridized carbons (Fsp3) is 0.533. The maximum absolute atomic E-state index is 15.2. The number of carbonyl (C=O) groups is 2. The van der Waals surface area contributed by atoms with Crippen LogP contribution in [0.2, 0.25) is 0 Å². The van der Waals surface area contributed by atoms with E-state index < -0.39 is 46.8 Å².